The number of likely N-dealkylation sites (tertiary alicyclic amines) is 1. The summed E-state index contributed by atoms with van der Waals surface area (Å²) in [5.41, 5.74) is 0. The zero-order valence-corrected chi connectivity index (χ0v) is 12.2. The van der Waals surface area contributed by atoms with Crippen molar-refractivity contribution in [2.75, 3.05) is 19.8 Å². The lowest BCUT2D eigenvalue weighted by Crippen LogP contribution is -2.51. The summed E-state index contributed by atoms with van der Waals surface area (Å²) in [5.74, 6) is -0.927. The molecule has 0 aromatic rings. The van der Waals surface area contributed by atoms with Gasteiger partial charge < -0.3 is 25.2 Å². The predicted molar refractivity (Wildman–Crippen MR) is 72.4 cm³/mol. The zero-order chi connectivity index (χ0) is 15.3. The molecule has 116 valence electrons. The molecule has 0 bridgehead atoms. The Balaban J connectivity index is 2.65. The molecule has 1 aliphatic heterocycles. The number of amides is 2. The number of aliphatic hydroxyl groups is 1. The van der Waals surface area contributed by atoms with Crippen molar-refractivity contribution in [3.63, 3.8) is 0 Å². The first kappa shape index (κ1) is 16.7. The van der Waals surface area contributed by atoms with Gasteiger partial charge in [-0.15, -0.1) is 0 Å². The van der Waals surface area contributed by atoms with E-state index in [1.807, 2.05) is 20.8 Å². The third-order valence-corrected chi connectivity index (χ3v) is 3.44. The molecule has 1 aliphatic rings. The molecule has 3 N–H and O–H groups in total. The maximum atomic E-state index is 12.2. The number of carboxylic acid groups (broad SMARTS) is 1. The molecule has 1 rings (SSSR count). The number of carbonyl (C=O) groups is 2. The van der Waals surface area contributed by atoms with E-state index in [1.165, 1.54) is 4.90 Å². The van der Waals surface area contributed by atoms with Crippen LogP contribution in [0.4, 0.5) is 4.79 Å². The van der Waals surface area contributed by atoms with Crippen LogP contribution in [0.15, 0.2) is 0 Å². The molecule has 3 atom stereocenters. The van der Waals surface area contributed by atoms with Crippen LogP contribution < -0.4 is 5.32 Å². The lowest BCUT2D eigenvalue weighted by Gasteiger charge is -2.27. The van der Waals surface area contributed by atoms with Crippen LogP contribution in [0, 0.1) is 5.92 Å². The van der Waals surface area contributed by atoms with E-state index in [-0.39, 0.29) is 24.9 Å². The summed E-state index contributed by atoms with van der Waals surface area (Å²) in [7, 11) is 0. The average molecular weight is 288 g/mol. The maximum Gasteiger partial charge on any atom is 0.326 e. The number of carboxylic acids is 1. The van der Waals surface area contributed by atoms with Gasteiger partial charge in [-0.1, -0.05) is 13.8 Å². The Morgan fingerprint density at radius 1 is 1.45 bits per heavy atom. The molecule has 1 fully saturated rings. The summed E-state index contributed by atoms with van der Waals surface area (Å²) >= 11 is 0. The van der Waals surface area contributed by atoms with Crippen molar-refractivity contribution in [3.05, 3.63) is 0 Å². The molecular formula is C13H24N2O5. The van der Waals surface area contributed by atoms with Crippen molar-refractivity contribution in [3.8, 4) is 0 Å². The van der Waals surface area contributed by atoms with Crippen LogP contribution in [0.2, 0.25) is 0 Å². The van der Waals surface area contributed by atoms with Gasteiger partial charge in [0.05, 0.1) is 18.8 Å². The van der Waals surface area contributed by atoms with Gasteiger partial charge in [-0.25, -0.2) is 9.59 Å². The molecule has 3 unspecified atom stereocenters. The normalized spacial score (nSPS) is 23.9. The van der Waals surface area contributed by atoms with E-state index in [4.69, 9.17) is 9.84 Å². The summed E-state index contributed by atoms with van der Waals surface area (Å²) in [6.07, 6.45) is -0.716. The fourth-order valence-electron chi connectivity index (χ4n) is 2.16. The van der Waals surface area contributed by atoms with Gasteiger partial charge in [0, 0.05) is 19.6 Å². The number of nitrogens with zero attached hydrogens (tertiary/aromatic N) is 1. The second kappa shape index (κ2) is 7.44. The second-order valence-electron chi connectivity index (χ2n) is 5.36. The standard InChI is InChI=1S/C13H24N2O5/c1-4-20-7-10(8(2)3)14-13(19)15-6-9(16)5-11(15)12(17)18/h8-11,16H,4-7H2,1-3H3,(H,14,19)(H,17,18). The molecule has 0 aliphatic carbocycles. The highest BCUT2D eigenvalue weighted by atomic mass is 16.5. The number of hydrogen-bond acceptors (Lipinski definition) is 4. The number of urea groups is 1. The first-order valence-electron chi connectivity index (χ1n) is 6.92. The maximum absolute atomic E-state index is 12.2. The highest BCUT2D eigenvalue weighted by molar-refractivity contribution is 5.83. The third-order valence-electron chi connectivity index (χ3n) is 3.44. The molecule has 0 radical (unpaired) electrons. The van der Waals surface area contributed by atoms with E-state index in [2.05, 4.69) is 5.32 Å². The zero-order valence-electron chi connectivity index (χ0n) is 12.2. The molecule has 0 spiro atoms. The Kier molecular flexibility index (Phi) is 6.22. The number of ether oxygens (including phenoxy) is 1. The molecule has 0 aromatic carbocycles. The Bertz CT molecular complexity index is 348. The van der Waals surface area contributed by atoms with Gasteiger partial charge in [-0.05, 0) is 12.8 Å². The van der Waals surface area contributed by atoms with Crippen LogP contribution in [0.3, 0.4) is 0 Å². The highest BCUT2D eigenvalue weighted by Gasteiger charge is 2.39. The number of hydrogen-bond donors (Lipinski definition) is 3. The van der Waals surface area contributed by atoms with Crippen molar-refractivity contribution in [1.82, 2.24) is 10.2 Å². The molecule has 1 heterocycles. The van der Waals surface area contributed by atoms with Crippen molar-refractivity contribution in [2.24, 2.45) is 5.92 Å². The molecule has 0 saturated carbocycles. The van der Waals surface area contributed by atoms with Crippen LogP contribution in [-0.2, 0) is 9.53 Å². The topological polar surface area (TPSA) is 99.1 Å². The van der Waals surface area contributed by atoms with Gasteiger partial charge >= 0.3 is 12.0 Å². The van der Waals surface area contributed by atoms with Crippen LogP contribution in [-0.4, -0.2) is 65.1 Å². The summed E-state index contributed by atoms with van der Waals surface area (Å²) in [4.78, 5) is 24.4. The number of carbonyl (C=O) groups excluding carboxylic acids is 1. The van der Waals surface area contributed by atoms with Crippen LogP contribution >= 0.6 is 0 Å². The van der Waals surface area contributed by atoms with E-state index in [9.17, 15) is 14.7 Å². The molecular weight excluding hydrogens is 264 g/mol. The lowest BCUT2D eigenvalue weighted by molar-refractivity contribution is -0.141. The van der Waals surface area contributed by atoms with E-state index in [0.717, 1.165) is 0 Å². The Hall–Kier alpha value is -1.34. The molecule has 0 aromatic heterocycles. The second-order valence-corrected chi connectivity index (χ2v) is 5.36. The van der Waals surface area contributed by atoms with Crippen molar-refractivity contribution in [2.45, 2.75) is 45.4 Å². The highest BCUT2D eigenvalue weighted by Crippen LogP contribution is 2.18. The van der Waals surface area contributed by atoms with Gasteiger partial charge in [-0.2, -0.15) is 0 Å². The fraction of sp³-hybridized carbons (Fsp3) is 0.846. The van der Waals surface area contributed by atoms with Gasteiger partial charge in [0.15, 0.2) is 0 Å². The quantitative estimate of drug-likeness (QED) is 0.652. The van der Waals surface area contributed by atoms with Gasteiger partial charge in [-0.3, -0.25) is 0 Å². The van der Waals surface area contributed by atoms with Gasteiger partial charge in [0.2, 0.25) is 0 Å². The third kappa shape index (κ3) is 4.35. The van der Waals surface area contributed by atoms with Crippen LogP contribution in [0.1, 0.15) is 27.2 Å². The van der Waals surface area contributed by atoms with Gasteiger partial charge in [0.25, 0.3) is 0 Å². The van der Waals surface area contributed by atoms with E-state index < -0.39 is 24.1 Å². The number of nitrogens with one attached hydrogen (secondary N) is 1. The van der Waals surface area contributed by atoms with E-state index in [0.29, 0.717) is 13.2 Å². The molecule has 7 nitrogen and oxygen atoms in total. The molecule has 20 heavy (non-hydrogen) atoms. The minimum absolute atomic E-state index is 0.0439. The first-order chi connectivity index (χ1) is 9.36. The predicted octanol–water partition coefficient (Wildman–Crippen LogP) is 0.277. The number of rotatable bonds is 6. The van der Waals surface area contributed by atoms with Crippen molar-refractivity contribution >= 4 is 12.0 Å². The fourth-order valence-corrected chi connectivity index (χ4v) is 2.16. The Morgan fingerprint density at radius 3 is 2.60 bits per heavy atom. The Labute approximate surface area is 118 Å². The monoisotopic (exact) mass is 288 g/mol. The minimum Gasteiger partial charge on any atom is -0.480 e. The van der Waals surface area contributed by atoms with Crippen LogP contribution in [0.25, 0.3) is 0 Å². The first-order valence-corrected chi connectivity index (χ1v) is 6.92. The van der Waals surface area contributed by atoms with E-state index in [1.54, 1.807) is 0 Å². The molecule has 2 amide bonds. The summed E-state index contributed by atoms with van der Waals surface area (Å²) in [6, 6.07) is -1.62. The summed E-state index contributed by atoms with van der Waals surface area (Å²) in [6.45, 7) is 6.76. The van der Waals surface area contributed by atoms with Crippen molar-refractivity contribution < 1.29 is 24.5 Å². The van der Waals surface area contributed by atoms with Gasteiger partial charge in [0.1, 0.15) is 6.04 Å². The number of β-amino-alcohol motifs (C(OH)–C–C–N with tert-alkyl or cyclic N) is 1. The van der Waals surface area contributed by atoms with Crippen LogP contribution in [0.5, 0.6) is 0 Å². The summed E-state index contributed by atoms with van der Waals surface area (Å²) in [5, 5.41) is 21.4. The SMILES string of the molecule is CCOCC(NC(=O)N1CC(O)CC1C(=O)O)C(C)C. The molecule has 7 heteroatoms. The number of aliphatic hydroxyl groups excluding tert-OH is 1. The summed E-state index contributed by atoms with van der Waals surface area (Å²) < 4.78 is 5.32. The lowest BCUT2D eigenvalue weighted by atomic mass is 10.1. The number of aliphatic carboxylic acids is 1. The average Bonchev–Trinajstić information content (AvgIpc) is 2.76. The minimum atomic E-state index is -1.09. The van der Waals surface area contributed by atoms with E-state index >= 15 is 0 Å². The Morgan fingerprint density at radius 2 is 2.10 bits per heavy atom. The molecule has 1 saturated heterocycles. The van der Waals surface area contributed by atoms with Crippen molar-refractivity contribution in [1.29, 1.82) is 0 Å². The smallest absolute Gasteiger partial charge is 0.326 e. The largest absolute Gasteiger partial charge is 0.480 e.